The van der Waals surface area contributed by atoms with Gasteiger partial charge in [0.1, 0.15) is 5.82 Å². The normalized spacial score (nSPS) is 21.1. The molecule has 0 saturated carbocycles. The van der Waals surface area contributed by atoms with E-state index < -0.39 is 5.82 Å². The number of carbonyl (C=O) groups is 1. The number of carbonyl (C=O) groups excluding carboxylic acids is 1. The Balaban J connectivity index is 2.01. The van der Waals surface area contributed by atoms with Gasteiger partial charge in [-0.25, -0.2) is 4.39 Å². The lowest BCUT2D eigenvalue weighted by molar-refractivity contribution is 0.0939. The number of nitrogens with one attached hydrogen (secondary N) is 1. The summed E-state index contributed by atoms with van der Waals surface area (Å²) in [4.78, 5) is 12.2. The molecular weight excluding hydrogens is 241 g/mol. The van der Waals surface area contributed by atoms with E-state index in [1.54, 1.807) is 12.1 Å². The first-order chi connectivity index (χ1) is 9.08. The van der Waals surface area contributed by atoms with Crippen LogP contribution in [0.1, 0.15) is 42.1 Å². The third-order valence-electron chi connectivity index (χ3n) is 4.07. The molecule has 1 aliphatic rings. The molecule has 0 spiro atoms. The van der Waals surface area contributed by atoms with E-state index in [9.17, 15) is 9.18 Å². The zero-order chi connectivity index (χ0) is 13.8. The molecule has 0 amide bonds. The predicted octanol–water partition coefficient (Wildman–Crippen LogP) is 3.34. The first kappa shape index (κ1) is 14.2. The lowest BCUT2D eigenvalue weighted by Gasteiger charge is -2.28. The van der Waals surface area contributed by atoms with Gasteiger partial charge >= 0.3 is 0 Å². The maximum Gasteiger partial charge on any atom is 0.166 e. The van der Waals surface area contributed by atoms with Gasteiger partial charge in [0, 0.05) is 6.42 Å². The maximum absolute atomic E-state index is 13.7. The highest BCUT2D eigenvalue weighted by Crippen LogP contribution is 2.24. The number of ketones is 1. The van der Waals surface area contributed by atoms with Crippen LogP contribution in [0.3, 0.4) is 0 Å². The lowest BCUT2D eigenvalue weighted by atomic mass is 9.83. The molecule has 0 radical (unpaired) electrons. The molecule has 0 aliphatic carbocycles. The first-order valence-corrected chi connectivity index (χ1v) is 7.08. The molecule has 1 N–H and O–H groups in total. The Morgan fingerprint density at radius 3 is 3.00 bits per heavy atom. The van der Waals surface area contributed by atoms with Gasteiger partial charge in [-0.1, -0.05) is 18.6 Å². The van der Waals surface area contributed by atoms with Crippen molar-refractivity contribution in [3.8, 4) is 0 Å². The van der Waals surface area contributed by atoms with Gasteiger partial charge in [0.15, 0.2) is 5.78 Å². The van der Waals surface area contributed by atoms with Gasteiger partial charge in [-0.2, -0.15) is 0 Å². The van der Waals surface area contributed by atoms with Crippen molar-refractivity contribution in [2.24, 2.45) is 11.8 Å². The van der Waals surface area contributed by atoms with Crippen LogP contribution in [0.5, 0.6) is 0 Å². The number of benzene rings is 1. The van der Waals surface area contributed by atoms with Crippen molar-refractivity contribution < 1.29 is 9.18 Å². The Kier molecular flexibility index (Phi) is 4.70. The van der Waals surface area contributed by atoms with E-state index in [1.807, 2.05) is 6.92 Å². The number of rotatable bonds is 4. The molecule has 1 aromatic rings. The van der Waals surface area contributed by atoms with Crippen LogP contribution in [0, 0.1) is 24.6 Å². The lowest BCUT2D eigenvalue weighted by Crippen LogP contribution is -2.34. The van der Waals surface area contributed by atoms with Crippen LogP contribution in [-0.2, 0) is 0 Å². The van der Waals surface area contributed by atoms with Crippen molar-refractivity contribution >= 4 is 5.78 Å². The quantitative estimate of drug-likeness (QED) is 0.844. The second-order valence-electron chi connectivity index (χ2n) is 5.69. The van der Waals surface area contributed by atoms with Crippen molar-refractivity contribution in [2.75, 3.05) is 13.1 Å². The third kappa shape index (κ3) is 3.63. The Morgan fingerprint density at radius 2 is 2.32 bits per heavy atom. The molecule has 1 saturated heterocycles. The minimum atomic E-state index is -0.399. The van der Waals surface area contributed by atoms with Gasteiger partial charge in [-0.15, -0.1) is 0 Å². The number of hydrogen-bond acceptors (Lipinski definition) is 2. The fraction of sp³-hybridized carbons (Fsp3) is 0.562. The van der Waals surface area contributed by atoms with Crippen LogP contribution < -0.4 is 5.32 Å². The summed E-state index contributed by atoms with van der Waals surface area (Å²) < 4.78 is 13.7. The molecule has 104 valence electrons. The molecule has 1 aromatic carbocycles. The van der Waals surface area contributed by atoms with Gasteiger partial charge in [-0.3, -0.25) is 4.79 Å². The average Bonchev–Trinajstić information content (AvgIpc) is 2.42. The molecule has 1 aliphatic heterocycles. The number of hydrogen-bond donors (Lipinski definition) is 1. The van der Waals surface area contributed by atoms with Crippen molar-refractivity contribution in [3.63, 3.8) is 0 Å². The fourth-order valence-electron chi connectivity index (χ4n) is 2.79. The Bertz CT molecular complexity index is 452. The molecule has 0 bridgehead atoms. The summed E-state index contributed by atoms with van der Waals surface area (Å²) >= 11 is 0. The van der Waals surface area contributed by atoms with Crippen LogP contribution in [0.4, 0.5) is 4.39 Å². The van der Waals surface area contributed by atoms with E-state index in [0.29, 0.717) is 18.3 Å². The van der Waals surface area contributed by atoms with Crippen LogP contribution in [0.2, 0.25) is 0 Å². The molecule has 2 atom stereocenters. The van der Waals surface area contributed by atoms with Crippen LogP contribution >= 0.6 is 0 Å². The molecule has 1 fully saturated rings. The van der Waals surface area contributed by atoms with Crippen LogP contribution in [-0.4, -0.2) is 18.9 Å². The molecule has 1 heterocycles. The van der Waals surface area contributed by atoms with Gasteiger partial charge in [-0.05, 0) is 56.8 Å². The summed E-state index contributed by atoms with van der Waals surface area (Å²) in [7, 11) is 0. The third-order valence-corrected chi connectivity index (χ3v) is 4.07. The summed E-state index contributed by atoms with van der Waals surface area (Å²) in [6.07, 6.45) is 2.77. The zero-order valence-corrected chi connectivity index (χ0v) is 11.7. The second-order valence-corrected chi connectivity index (χ2v) is 5.69. The van der Waals surface area contributed by atoms with E-state index in [1.165, 1.54) is 12.5 Å². The Morgan fingerprint density at radius 1 is 1.53 bits per heavy atom. The maximum atomic E-state index is 13.7. The van der Waals surface area contributed by atoms with Crippen molar-refractivity contribution in [3.05, 3.63) is 35.1 Å². The standard InChI is InChI=1S/C16H22FNO/c1-11-5-6-15(17)14(8-11)16(19)9-12(2)13-4-3-7-18-10-13/h5-6,8,12-13,18H,3-4,7,9-10H2,1-2H3. The van der Waals surface area contributed by atoms with E-state index >= 15 is 0 Å². The Labute approximate surface area is 114 Å². The SMILES string of the molecule is Cc1ccc(F)c(C(=O)CC(C)C2CCCNC2)c1. The summed E-state index contributed by atoms with van der Waals surface area (Å²) in [6.45, 7) is 6.03. The topological polar surface area (TPSA) is 29.1 Å². The molecule has 0 aromatic heterocycles. The van der Waals surface area contributed by atoms with Crippen molar-refractivity contribution in [1.82, 2.24) is 5.32 Å². The summed E-state index contributed by atoms with van der Waals surface area (Å²) in [6, 6.07) is 4.74. The number of aryl methyl sites for hydroxylation is 1. The monoisotopic (exact) mass is 263 g/mol. The molecule has 3 heteroatoms. The summed E-state index contributed by atoms with van der Waals surface area (Å²) in [5.74, 6) is 0.370. The van der Waals surface area contributed by atoms with E-state index in [0.717, 1.165) is 25.1 Å². The molecule has 19 heavy (non-hydrogen) atoms. The first-order valence-electron chi connectivity index (χ1n) is 7.08. The molecular formula is C16H22FNO. The number of Topliss-reactive ketones (excluding diaryl/α,β-unsaturated/α-hetero) is 1. The predicted molar refractivity (Wildman–Crippen MR) is 74.8 cm³/mol. The van der Waals surface area contributed by atoms with Gasteiger partial charge in [0.25, 0.3) is 0 Å². The van der Waals surface area contributed by atoms with E-state index in [4.69, 9.17) is 0 Å². The van der Waals surface area contributed by atoms with E-state index in [2.05, 4.69) is 12.2 Å². The highest BCUT2D eigenvalue weighted by atomic mass is 19.1. The summed E-state index contributed by atoms with van der Waals surface area (Å²) in [5, 5.41) is 3.36. The van der Waals surface area contributed by atoms with Gasteiger partial charge < -0.3 is 5.32 Å². The zero-order valence-electron chi connectivity index (χ0n) is 11.7. The molecule has 2 nitrogen and oxygen atoms in total. The Hall–Kier alpha value is -1.22. The highest BCUT2D eigenvalue weighted by molar-refractivity contribution is 5.96. The van der Waals surface area contributed by atoms with Gasteiger partial charge in [0.2, 0.25) is 0 Å². The smallest absolute Gasteiger partial charge is 0.166 e. The fourth-order valence-corrected chi connectivity index (χ4v) is 2.79. The van der Waals surface area contributed by atoms with E-state index in [-0.39, 0.29) is 11.3 Å². The number of piperidine rings is 1. The van der Waals surface area contributed by atoms with Crippen molar-refractivity contribution in [2.45, 2.75) is 33.1 Å². The largest absolute Gasteiger partial charge is 0.316 e. The second kappa shape index (κ2) is 6.29. The minimum absolute atomic E-state index is 0.0701. The molecule has 2 rings (SSSR count). The number of halogens is 1. The van der Waals surface area contributed by atoms with Gasteiger partial charge in [0.05, 0.1) is 5.56 Å². The van der Waals surface area contributed by atoms with Crippen LogP contribution in [0.15, 0.2) is 18.2 Å². The summed E-state index contributed by atoms with van der Waals surface area (Å²) in [5.41, 5.74) is 1.17. The molecule has 2 unspecified atom stereocenters. The highest BCUT2D eigenvalue weighted by Gasteiger charge is 2.23. The minimum Gasteiger partial charge on any atom is -0.316 e. The van der Waals surface area contributed by atoms with Crippen LogP contribution in [0.25, 0.3) is 0 Å². The average molecular weight is 263 g/mol. The van der Waals surface area contributed by atoms with Crippen molar-refractivity contribution in [1.29, 1.82) is 0 Å².